The van der Waals surface area contributed by atoms with Crippen LogP contribution in [0.3, 0.4) is 0 Å². The van der Waals surface area contributed by atoms with E-state index in [0.717, 1.165) is 5.56 Å². The molecular weight excluding hydrogens is 312 g/mol. The number of rotatable bonds is 7. The Balaban J connectivity index is 2.70. The topological polar surface area (TPSA) is 66.5 Å². The van der Waals surface area contributed by atoms with Crippen molar-refractivity contribution in [2.45, 2.75) is 26.5 Å². The van der Waals surface area contributed by atoms with Gasteiger partial charge in [0, 0.05) is 18.1 Å². The summed E-state index contributed by atoms with van der Waals surface area (Å²) in [6, 6.07) is 5.11. The SMILES string of the molecule is CCN(CC)C(=O)CNS(=O)(=O)Cc1cc(Cl)ccc1C. The molecule has 0 aliphatic rings. The van der Waals surface area contributed by atoms with Gasteiger partial charge in [-0.2, -0.15) is 0 Å². The molecule has 0 saturated carbocycles. The predicted molar refractivity (Wildman–Crippen MR) is 84.7 cm³/mol. The van der Waals surface area contributed by atoms with E-state index in [1.54, 1.807) is 23.1 Å². The lowest BCUT2D eigenvalue weighted by molar-refractivity contribution is -0.129. The van der Waals surface area contributed by atoms with Crippen LogP contribution < -0.4 is 4.72 Å². The average Bonchev–Trinajstić information content (AvgIpc) is 2.42. The Labute approximate surface area is 131 Å². The number of aryl methyl sites for hydroxylation is 1. The third-order valence-electron chi connectivity index (χ3n) is 3.22. The Morgan fingerprint density at radius 2 is 1.90 bits per heavy atom. The molecule has 7 heteroatoms. The molecule has 0 atom stereocenters. The standard InChI is InChI=1S/C14H21ClN2O3S/c1-4-17(5-2)14(18)9-16-21(19,20)10-12-8-13(15)7-6-11(12)3/h6-8,16H,4-5,9-10H2,1-3H3. The Kier molecular flexibility index (Phi) is 6.64. The van der Waals surface area contributed by atoms with Crippen molar-refractivity contribution in [3.05, 3.63) is 34.3 Å². The van der Waals surface area contributed by atoms with Gasteiger partial charge < -0.3 is 4.90 Å². The lowest BCUT2D eigenvalue weighted by atomic mass is 10.1. The summed E-state index contributed by atoms with van der Waals surface area (Å²) >= 11 is 5.88. The summed E-state index contributed by atoms with van der Waals surface area (Å²) in [5, 5.41) is 0.491. The van der Waals surface area contributed by atoms with Gasteiger partial charge in [-0.3, -0.25) is 4.79 Å². The number of carbonyl (C=O) groups excluding carboxylic acids is 1. The van der Waals surface area contributed by atoms with Crippen molar-refractivity contribution in [1.82, 2.24) is 9.62 Å². The Morgan fingerprint density at radius 3 is 2.48 bits per heavy atom. The van der Waals surface area contributed by atoms with E-state index in [1.165, 1.54) is 0 Å². The molecule has 0 aliphatic carbocycles. The van der Waals surface area contributed by atoms with E-state index < -0.39 is 10.0 Å². The zero-order chi connectivity index (χ0) is 16.0. The normalized spacial score (nSPS) is 11.4. The van der Waals surface area contributed by atoms with E-state index in [4.69, 9.17) is 11.6 Å². The smallest absolute Gasteiger partial charge is 0.237 e. The van der Waals surface area contributed by atoms with E-state index in [9.17, 15) is 13.2 Å². The minimum Gasteiger partial charge on any atom is -0.342 e. The molecule has 0 unspecified atom stereocenters. The molecule has 0 aliphatic heterocycles. The van der Waals surface area contributed by atoms with Gasteiger partial charge in [0.2, 0.25) is 15.9 Å². The molecule has 0 spiro atoms. The summed E-state index contributed by atoms with van der Waals surface area (Å²) < 4.78 is 26.4. The fourth-order valence-corrected chi connectivity index (χ4v) is 3.27. The monoisotopic (exact) mass is 332 g/mol. The average molecular weight is 333 g/mol. The molecule has 118 valence electrons. The highest BCUT2D eigenvalue weighted by atomic mass is 35.5. The number of likely N-dealkylation sites (N-methyl/N-ethyl adjacent to an activating group) is 1. The lowest BCUT2D eigenvalue weighted by Gasteiger charge is -2.18. The largest absolute Gasteiger partial charge is 0.342 e. The van der Waals surface area contributed by atoms with Gasteiger partial charge in [-0.25, -0.2) is 13.1 Å². The molecule has 0 fully saturated rings. The molecule has 0 radical (unpaired) electrons. The first-order chi connectivity index (χ1) is 9.79. The number of hydrogen-bond acceptors (Lipinski definition) is 3. The van der Waals surface area contributed by atoms with Crippen LogP contribution in [0.25, 0.3) is 0 Å². The second-order valence-electron chi connectivity index (χ2n) is 4.72. The number of hydrogen-bond donors (Lipinski definition) is 1. The maximum absolute atomic E-state index is 12.0. The van der Waals surface area contributed by atoms with Crippen LogP contribution in [-0.2, 0) is 20.6 Å². The van der Waals surface area contributed by atoms with Gasteiger partial charge >= 0.3 is 0 Å². The molecule has 1 N–H and O–H groups in total. The number of amides is 1. The maximum Gasteiger partial charge on any atom is 0.237 e. The van der Waals surface area contributed by atoms with E-state index in [0.29, 0.717) is 23.7 Å². The second-order valence-corrected chi connectivity index (χ2v) is 6.96. The number of nitrogens with one attached hydrogen (secondary N) is 1. The highest BCUT2D eigenvalue weighted by Gasteiger charge is 2.17. The minimum atomic E-state index is -3.58. The molecule has 5 nitrogen and oxygen atoms in total. The summed E-state index contributed by atoms with van der Waals surface area (Å²) in [5.74, 6) is -0.420. The van der Waals surface area contributed by atoms with Gasteiger partial charge in [0.05, 0.1) is 12.3 Å². The molecule has 0 saturated heterocycles. The van der Waals surface area contributed by atoms with Crippen molar-refractivity contribution in [3.63, 3.8) is 0 Å². The first-order valence-electron chi connectivity index (χ1n) is 6.79. The van der Waals surface area contributed by atoms with Crippen LogP contribution in [0, 0.1) is 6.92 Å². The summed E-state index contributed by atoms with van der Waals surface area (Å²) in [4.78, 5) is 13.4. The van der Waals surface area contributed by atoms with Crippen molar-refractivity contribution in [2.75, 3.05) is 19.6 Å². The zero-order valence-corrected chi connectivity index (χ0v) is 14.1. The summed E-state index contributed by atoms with van der Waals surface area (Å²) in [7, 11) is -3.58. The van der Waals surface area contributed by atoms with Crippen LogP contribution in [0.4, 0.5) is 0 Å². The van der Waals surface area contributed by atoms with Gasteiger partial charge in [0.15, 0.2) is 0 Å². The number of halogens is 1. The molecule has 1 amide bonds. The van der Waals surface area contributed by atoms with Crippen molar-refractivity contribution >= 4 is 27.5 Å². The van der Waals surface area contributed by atoms with Crippen LogP contribution in [0.1, 0.15) is 25.0 Å². The van der Waals surface area contributed by atoms with Gasteiger partial charge in [0.25, 0.3) is 0 Å². The number of benzene rings is 1. The Morgan fingerprint density at radius 1 is 1.29 bits per heavy atom. The van der Waals surface area contributed by atoms with Crippen molar-refractivity contribution in [1.29, 1.82) is 0 Å². The molecule has 1 rings (SSSR count). The molecule has 1 aromatic rings. The summed E-state index contributed by atoms with van der Waals surface area (Å²) in [5.41, 5.74) is 1.48. The van der Waals surface area contributed by atoms with Gasteiger partial charge in [-0.15, -0.1) is 0 Å². The van der Waals surface area contributed by atoms with Crippen molar-refractivity contribution in [2.24, 2.45) is 0 Å². The van der Waals surface area contributed by atoms with Crippen LogP contribution >= 0.6 is 11.6 Å². The van der Waals surface area contributed by atoms with Crippen LogP contribution in [0.15, 0.2) is 18.2 Å². The summed E-state index contributed by atoms with van der Waals surface area (Å²) in [6.07, 6.45) is 0. The molecule has 0 bridgehead atoms. The van der Waals surface area contributed by atoms with Crippen molar-refractivity contribution < 1.29 is 13.2 Å². The number of sulfonamides is 1. The molecular formula is C14H21ClN2O3S. The number of nitrogens with zero attached hydrogens (tertiary/aromatic N) is 1. The summed E-state index contributed by atoms with van der Waals surface area (Å²) in [6.45, 7) is 6.43. The minimum absolute atomic E-state index is 0.190. The van der Waals surface area contributed by atoms with Crippen LogP contribution in [0.2, 0.25) is 5.02 Å². The Hall–Kier alpha value is -1.11. The fourth-order valence-electron chi connectivity index (χ4n) is 1.91. The quantitative estimate of drug-likeness (QED) is 0.829. The maximum atomic E-state index is 12.0. The van der Waals surface area contributed by atoms with E-state index >= 15 is 0 Å². The third kappa shape index (κ3) is 5.65. The molecule has 1 aromatic carbocycles. The van der Waals surface area contributed by atoms with E-state index in [-0.39, 0.29) is 18.2 Å². The van der Waals surface area contributed by atoms with Gasteiger partial charge in [0.1, 0.15) is 0 Å². The first-order valence-corrected chi connectivity index (χ1v) is 8.82. The van der Waals surface area contributed by atoms with Crippen molar-refractivity contribution in [3.8, 4) is 0 Å². The number of carbonyl (C=O) groups is 1. The van der Waals surface area contributed by atoms with Gasteiger partial charge in [-0.05, 0) is 44.0 Å². The Bertz CT molecular complexity index is 598. The molecule has 0 aromatic heterocycles. The fraction of sp³-hybridized carbons (Fsp3) is 0.500. The second kappa shape index (κ2) is 7.77. The highest BCUT2D eigenvalue weighted by molar-refractivity contribution is 7.88. The van der Waals surface area contributed by atoms with Gasteiger partial charge in [-0.1, -0.05) is 17.7 Å². The molecule has 21 heavy (non-hydrogen) atoms. The zero-order valence-electron chi connectivity index (χ0n) is 12.5. The van der Waals surface area contributed by atoms with E-state index in [1.807, 2.05) is 20.8 Å². The first kappa shape index (κ1) is 17.9. The molecule has 0 heterocycles. The van der Waals surface area contributed by atoms with Crippen LogP contribution in [0.5, 0.6) is 0 Å². The lowest BCUT2D eigenvalue weighted by Crippen LogP contribution is -2.40. The van der Waals surface area contributed by atoms with Crippen LogP contribution in [-0.4, -0.2) is 38.9 Å². The third-order valence-corrected chi connectivity index (χ3v) is 4.73. The van der Waals surface area contributed by atoms with E-state index in [2.05, 4.69) is 4.72 Å². The predicted octanol–water partition coefficient (Wildman–Crippen LogP) is 1.94. The highest BCUT2D eigenvalue weighted by Crippen LogP contribution is 2.17.